The molecule has 0 spiro atoms. The van der Waals surface area contributed by atoms with E-state index in [1.807, 2.05) is 18.2 Å². The smallest absolute Gasteiger partial charge is 0.252 e. The summed E-state index contributed by atoms with van der Waals surface area (Å²) < 4.78 is 0. The van der Waals surface area contributed by atoms with Gasteiger partial charge in [-0.25, -0.2) is 0 Å². The number of nitrogens with zero attached hydrogens (tertiary/aromatic N) is 1. The molecule has 0 radical (unpaired) electrons. The number of thiophene rings is 1. The Balaban J connectivity index is 1.30. The zero-order valence-electron chi connectivity index (χ0n) is 16.4. The highest BCUT2D eigenvalue weighted by Gasteiger charge is 2.22. The molecule has 1 aliphatic rings. The lowest BCUT2D eigenvalue weighted by Gasteiger charge is -2.32. The average Bonchev–Trinajstić information content (AvgIpc) is 3.28. The number of nitrogens with one attached hydrogen (secondary N) is 1. The summed E-state index contributed by atoms with van der Waals surface area (Å²) in [5.74, 6) is 0.959. The van der Waals surface area contributed by atoms with Crippen LogP contribution in [0.1, 0.15) is 33.6 Å². The van der Waals surface area contributed by atoms with Crippen molar-refractivity contribution in [2.24, 2.45) is 0 Å². The predicted molar refractivity (Wildman–Crippen MR) is 123 cm³/mol. The number of piperidine rings is 1. The number of thioether (sulfide) groups is 1. The van der Waals surface area contributed by atoms with E-state index in [0.717, 1.165) is 48.7 Å². The minimum atomic E-state index is 0.0563. The first-order valence-electron chi connectivity index (χ1n) is 10.1. The summed E-state index contributed by atoms with van der Waals surface area (Å²) in [7, 11) is 0. The minimum absolute atomic E-state index is 0.0563. The summed E-state index contributed by atoms with van der Waals surface area (Å²) >= 11 is 3.50. The molecular weight excluding hydrogens is 396 g/mol. The van der Waals surface area contributed by atoms with E-state index in [4.69, 9.17) is 0 Å². The zero-order chi connectivity index (χ0) is 19.9. The molecule has 1 fully saturated rings. The molecule has 1 N–H and O–H groups in total. The third-order valence-corrected chi connectivity index (χ3v) is 7.43. The van der Waals surface area contributed by atoms with E-state index >= 15 is 0 Å². The summed E-state index contributed by atoms with van der Waals surface area (Å²) in [6.45, 7) is 3.03. The Morgan fingerprint density at radius 2 is 1.76 bits per heavy atom. The number of rotatable bonds is 7. The summed E-state index contributed by atoms with van der Waals surface area (Å²) in [5, 5.41) is 5.37. The lowest BCUT2D eigenvalue weighted by molar-refractivity contribution is 0.0906. The van der Waals surface area contributed by atoms with E-state index in [1.165, 1.54) is 10.4 Å². The van der Waals surface area contributed by atoms with Gasteiger partial charge < -0.3 is 5.32 Å². The molecule has 3 nitrogen and oxygen atoms in total. The topological polar surface area (TPSA) is 32.3 Å². The Bertz CT molecular complexity index is 904. The third kappa shape index (κ3) is 5.72. The van der Waals surface area contributed by atoms with E-state index in [-0.39, 0.29) is 11.9 Å². The molecule has 150 valence electrons. The van der Waals surface area contributed by atoms with Crippen LogP contribution in [0.5, 0.6) is 0 Å². The van der Waals surface area contributed by atoms with Crippen LogP contribution in [-0.4, -0.2) is 29.9 Å². The van der Waals surface area contributed by atoms with Crippen LogP contribution in [0.2, 0.25) is 0 Å². The maximum absolute atomic E-state index is 12.9. The van der Waals surface area contributed by atoms with Gasteiger partial charge in [0.2, 0.25) is 0 Å². The maximum Gasteiger partial charge on any atom is 0.252 e. The van der Waals surface area contributed by atoms with Crippen LogP contribution < -0.4 is 5.32 Å². The summed E-state index contributed by atoms with van der Waals surface area (Å²) in [6, 6.07) is 23.0. The number of benzene rings is 2. The molecular formula is C24H26N2OS2. The number of likely N-dealkylation sites (tertiary alicyclic amines) is 1. The summed E-state index contributed by atoms with van der Waals surface area (Å²) in [4.78, 5) is 17.8. The molecule has 2 aromatic carbocycles. The van der Waals surface area contributed by atoms with Crippen molar-refractivity contribution in [2.75, 3.05) is 13.1 Å². The molecule has 0 atom stereocenters. The quantitative estimate of drug-likeness (QED) is 0.515. The fraction of sp³-hybridized carbons (Fsp3) is 0.292. The monoisotopic (exact) mass is 422 g/mol. The molecule has 1 saturated heterocycles. The standard InChI is InChI=1S/C24H26N2OS2/c27-24(22-10-4-5-11-23(22)29-18-21-9-6-16-28-21)25-20-12-14-26(15-13-20)17-19-7-2-1-3-8-19/h1-11,16,20H,12-15,17-18H2,(H,25,27). The van der Waals surface area contributed by atoms with Crippen LogP contribution in [-0.2, 0) is 12.3 Å². The lowest BCUT2D eigenvalue weighted by atomic mass is 10.0. The van der Waals surface area contributed by atoms with Gasteiger partial charge in [0.05, 0.1) is 5.56 Å². The van der Waals surface area contributed by atoms with Gasteiger partial charge in [0.1, 0.15) is 0 Å². The average molecular weight is 423 g/mol. The molecule has 1 aromatic heterocycles. The van der Waals surface area contributed by atoms with Crippen LogP contribution in [0, 0.1) is 0 Å². The first-order chi connectivity index (χ1) is 14.3. The highest BCUT2D eigenvalue weighted by atomic mass is 32.2. The van der Waals surface area contributed by atoms with Gasteiger partial charge in [-0.15, -0.1) is 23.1 Å². The molecule has 0 unspecified atom stereocenters. The van der Waals surface area contributed by atoms with Crippen molar-refractivity contribution in [3.8, 4) is 0 Å². The van der Waals surface area contributed by atoms with Crippen LogP contribution >= 0.6 is 23.1 Å². The van der Waals surface area contributed by atoms with Crippen molar-refractivity contribution in [1.82, 2.24) is 10.2 Å². The number of carbonyl (C=O) groups is 1. The largest absolute Gasteiger partial charge is 0.349 e. The number of hydrogen-bond acceptors (Lipinski definition) is 4. The molecule has 1 aliphatic heterocycles. The molecule has 1 amide bonds. The highest BCUT2D eigenvalue weighted by molar-refractivity contribution is 7.98. The molecule has 4 rings (SSSR count). The molecule has 29 heavy (non-hydrogen) atoms. The van der Waals surface area contributed by atoms with Gasteiger partial charge in [-0.3, -0.25) is 9.69 Å². The van der Waals surface area contributed by atoms with Crippen molar-refractivity contribution in [3.05, 3.63) is 88.1 Å². The number of hydrogen-bond donors (Lipinski definition) is 1. The second-order valence-corrected chi connectivity index (χ2v) is 9.42. The van der Waals surface area contributed by atoms with Crippen molar-refractivity contribution in [2.45, 2.75) is 36.1 Å². The van der Waals surface area contributed by atoms with Crippen LogP contribution in [0.3, 0.4) is 0 Å². The Hall–Kier alpha value is -2.08. The van der Waals surface area contributed by atoms with Gasteiger partial charge >= 0.3 is 0 Å². The number of amides is 1. The molecule has 0 bridgehead atoms. The second-order valence-electron chi connectivity index (χ2n) is 7.37. The van der Waals surface area contributed by atoms with Crippen LogP contribution in [0.25, 0.3) is 0 Å². The molecule has 3 aromatic rings. The van der Waals surface area contributed by atoms with Crippen molar-refractivity contribution < 1.29 is 4.79 Å². The van der Waals surface area contributed by atoms with Crippen molar-refractivity contribution in [1.29, 1.82) is 0 Å². The Morgan fingerprint density at radius 3 is 2.52 bits per heavy atom. The maximum atomic E-state index is 12.9. The fourth-order valence-electron chi connectivity index (χ4n) is 3.66. The van der Waals surface area contributed by atoms with Gasteiger partial charge in [-0.05, 0) is 42.0 Å². The van der Waals surface area contributed by atoms with E-state index < -0.39 is 0 Å². The zero-order valence-corrected chi connectivity index (χ0v) is 18.1. The third-order valence-electron chi connectivity index (χ3n) is 5.25. The first-order valence-corrected chi connectivity index (χ1v) is 12.0. The van der Waals surface area contributed by atoms with Gasteiger partial charge in [0, 0.05) is 41.2 Å². The van der Waals surface area contributed by atoms with Crippen LogP contribution in [0.15, 0.2) is 77.0 Å². The van der Waals surface area contributed by atoms with Gasteiger partial charge in [0.25, 0.3) is 5.91 Å². The van der Waals surface area contributed by atoms with Gasteiger partial charge in [-0.1, -0.05) is 48.5 Å². The Kier molecular flexibility index (Phi) is 7.04. The van der Waals surface area contributed by atoms with E-state index in [1.54, 1.807) is 23.1 Å². The van der Waals surface area contributed by atoms with Gasteiger partial charge in [-0.2, -0.15) is 0 Å². The first kappa shape index (κ1) is 20.2. The lowest BCUT2D eigenvalue weighted by Crippen LogP contribution is -2.44. The minimum Gasteiger partial charge on any atom is -0.349 e. The predicted octanol–water partition coefficient (Wildman–Crippen LogP) is 5.43. The number of carbonyl (C=O) groups excluding carboxylic acids is 1. The molecule has 0 aliphatic carbocycles. The second kappa shape index (κ2) is 10.1. The van der Waals surface area contributed by atoms with Gasteiger partial charge in [0.15, 0.2) is 0 Å². The summed E-state index contributed by atoms with van der Waals surface area (Å²) in [6.07, 6.45) is 2.01. The van der Waals surface area contributed by atoms with Crippen molar-refractivity contribution >= 4 is 29.0 Å². The molecule has 5 heteroatoms. The van der Waals surface area contributed by atoms with E-state index in [2.05, 4.69) is 64.1 Å². The Labute approximate surface area is 181 Å². The van der Waals surface area contributed by atoms with Crippen molar-refractivity contribution in [3.63, 3.8) is 0 Å². The normalized spacial score (nSPS) is 15.3. The highest BCUT2D eigenvalue weighted by Crippen LogP contribution is 2.28. The molecule has 2 heterocycles. The molecule has 0 saturated carbocycles. The van der Waals surface area contributed by atoms with E-state index in [0.29, 0.717) is 0 Å². The van der Waals surface area contributed by atoms with Crippen LogP contribution in [0.4, 0.5) is 0 Å². The SMILES string of the molecule is O=C(NC1CCN(Cc2ccccc2)CC1)c1ccccc1SCc1cccs1. The summed E-state index contributed by atoms with van der Waals surface area (Å²) in [5.41, 5.74) is 2.15. The van der Waals surface area contributed by atoms with E-state index in [9.17, 15) is 4.79 Å². The Morgan fingerprint density at radius 1 is 1.00 bits per heavy atom. The fourth-order valence-corrected chi connectivity index (χ4v) is 5.49.